The van der Waals surface area contributed by atoms with Gasteiger partial charge < -0.3 is 19.8 Å². The quantitative estimate of drug-likeness (QED) is 0.712. The molecule has 2 aliphatic heterocycles. The maximum absolute atomic E-state index is 12.3. The van der Waals surface area contributed by atoms with Crippen molar-refractivity contribution in [1.29, 1.82) is 0 Å². The van der Waals surface area contributed by atoms with Crippen LogP contribution in [-0.2, 0) is 19.1 Å². The first-order valence-corrected chi connectivity index (χ1v) is 7.29. The maximum Gasteiger partial charge on any atom is 0.308 e. The fraction of sp³-hybridized carbons (Fsp3) is 0.786. The summed E-state index contributed by atoms with van der Waals surface area (Å²) in [6, 6.07) is 0. The molecule has 7 nitrogen and oxygen atoms in total. The zero-order valence-corrected chi connectivity index (χ0v) is 12.1. The van der Waals surface area contributed by atoms with E-state index in [0.717, 1.165) is 6.42 Å². The van der Waals surface area contributed by atoms with Crippen molar-refractivity contribution in [3.63, 3.8) is 0 Å². The first-order chi connectivity index (χ1) is 9.86. The van der Waals surface area contributed by atoms with Gasteiger partial charge in [0.05, 0.1) is 12.5 Å². The number of carbonyl (C=O) groups is 3. The number of carbonyl (C=O) groups excluding carboxylic acids is 2. The van der Waals surface area contributed by atoms with Gasteiger partial charge in [-0.3, -0.25) is 14.4 Å². The van der Waals surface area contributed by atoms with E-state index >= 15 is 0 Å². The third-order valence-electron chi connectivity index (χ3n) is 4.35. The molecule has 1 amide bonds. The van der Waals surface area contributed by atoms with Crippen LogP contribution in [-0.4, -0.2) is 58.3 Å². The number of hydrogen-bond donors (Lipinski definition) is 2. The van der Waals surface area contributed by atoms with E-state index in [1.54, 1.807) is 6.92 Å². The lowest BCUT2D eigenvalue weighted by Gasteiger charge is -2.38. The number of likely N-dealkylation sites (tertiary alicyclic amines) is 1. The van der Waals surface area contributed by atoms with E-state index in [-0.39, 0.29) is 13.2 Å². The second-order valence-electron chi connectivity index (χ2n) is 5.85. The summed E-state index contributed by atoms with van der Waals surface area (Å²) in [7, 11) is 0. The molecule has 0 aromatic rings. The molecule has 0 spiro atoms. The molecule has 2 aliphatic rings. The Bertz CT molecular complexity index is 451. The van der Waals surface area contributed by atoms with Gasteiger partial charge in [-0.25, -0.2) is 0 Å². The van der Waals surface area contributed by atoms with Crippen LogP contribution in [0.4, 0.5) is 0 Å². The Labute approximate surface area is 122 Å². The number of ketones is 1. The average molecular weight is 299 g/mol. The van der Waals surface area contributed by atoms with Crippen molar-refractivity contribution in [2.24, 2.45) is 11.8 Å². The average Bonchev–Trinajstić information content (AvgIpc) is 2.49. The number of aliphatic hydroxyl groups is 1. The first kappa shape index (κ1) is 15.9. The van der Waals surface area contributed by atoms with Crippen molar-refractivity contribution in [3.05, 3.63) is 0 Å². The molecule has 0 aliphatic carbocycles. The molecule has 2 rings (SSSR count). The molecule has 21 heavy (non-hydrogen) atoms. The molecule has 7 heteroatoms. The standard InChI is InChI=1S/C14H21NO6/c1-9-4-3-7-21-14(9,20)11(16)12(17)15-6-2-5-10(8-15)13(18)19/h9-10,20H,2-8H2,1H3,(H,18,19)/t9-,10?,14-/m1/s1. The van der Waals surface area contributed by atoms with Crippen LogP contribution in [0.25, 0.3) is 0 Å². The Kier molecular flexibility index (Phi) is 4.63. The molecular weight excluding hydrogens is 278 g/mol. The van der Waals surface area contributed by atoms with Gasteiger partial charge >= 0.3 is 5.97 Å². The highest BCUT2D eigenvalue weighted by molar-refractivity contribution is 6.38. The van der Waals surface area contributed by atoms with Crippen molar-refractivity contribution >= 4 is 17.7 Å². The Balaban J connectivity index is 2.08. The lowest BCUT2D eigenvalue weighted by atomic mass is 9.88. The molecule has 0 bridgehead atoms. The minimum Gasteiger partial charge on any atom is -0.481 e. The number of rotatable bonds is 3. The number of carboxylic acid groups (broad SMARTS) is 1. The summed E-state index contributed by atoms with van der Waals surface area (Å²) in [6.07, 6.45) is 2.36. The van der Waals surface area contributed by atoms with E-state index in [0.29, 0.717) is 25.8 Å². The fourth-order valence-electron chi connectivity index (χ4n) is 2.90. The molecule has 0 radical (unpaired) electrons. The van der Waals surface area contributed by atoms with Crippen molar-refractivity contribution in [2.75, 3.05) is 19.7 Å². The van der Waals surface area contributed by atoms with Gasteiger partial charge in [-0.05, 0) is 25.7 Å². The van der Waals surface area contributed by atoms with Crippen LogP contribution in [0.1, 0.15) is 32.6 Å². The molecule has 0 aromatic heterocycles. The van der Waals surface area contributed by atoms with Gasteiger partial charge in [0.1, 0.15) is 0 Å². The SMILES string of the molecule is C[C@@H]1CCCO[C@@]1(O)C(=O)C(=O)N1CCCC(C(=O)O)C1. The highest BCUT2D eigenvalue weighted by Gasteiger charge is 2.49. The number of ether oxygens (including phenoxy) is 1. The summed E-state index contributed by atoms with van der Waals surface area (Å²) < 4.78 is 5.17. The van der Waals surface area contributed by atoms with Crippen LogP contribution in [0.5, 0.6) is 0 Å². The predicted octanol–water partition coefficient (Wildman–Crippen LogP) is 0.0138. The van der Waals surface area contributed by atoms with Crippen LogP contribution < -0.4 is 0 Å². The third-order valence-corrected chi connectivity index (χ3v) is 4.35. The Morgan fingerprint density at radius 2 is 1.95 bits per heavy atom. The van der Waals surface area contributed by atoms with E-state index in [1.165, 1.54) is 4.90 Å². The monoisotopic (exact) mass is 299 g/mol. The number of aliphatic carboxylic acids is 1. The van der Waals surface area contributed by atoms with Crippen LogP contribution in [0.3, 0.4) is 0 Å². The topological polar surface area (TPSA) is 104 Å². The Morgan fingerprint density at radius 1 is 1.24 bits per heavy atom. The van der Waals surface area contributed by atoms with E-state index in [2.05, 4.69) is 0 Å². The summed E-state index contributed by atoms with van der Waals surface area (Å²) in [5.74, 6) is -6.00. The molecule has 0 saturated carbocycles. The summed E-state index contributed by atoms with van der Waals surface area (Å²) in [6.45, 7) is 2.24. The second kappa shape index (κ2) is 6.11. The molecule has 2 fully saturated rings. The molecule has 118 valence electrons. The number of amides is 1. The van der Waals surface area contributed by atoms with E-state index in [9.17, 15) is 19.5 Å². The van der Waals surface area contributed by atoms with Crippen LogP contribution in [0.15, 0.2) is 0 Å². The highest BCUT2D eigenvalue weighted by Crippen LogP contribution is 2.30. The Hall–Kier alpha value is -1.47. The second-order valence-corrected chi connectivity index (χ2v) is 5.85. The van der Waals surface area contributed by atoms with Crippen molar-refractivity contribution < 1.29 is 29.3 Å². The smallest absolute Gasteiger partial charge is 0.308 e. The molecule has 2 N–H and O–H groups in total. The number of Topliss-reactive ketones (excluding diaryl/α,β-unsaturated/α-hetero) is 1. The van der Waals surface area contributed by atoms with Gasteiger partial charge in [-0.1, -0.05) is 6.92 Å². The molecule has 2 saturated heterocycles. The third kappa shape index (κ3) is 3.08. The van der Waals surface area contributed by atoms with Gasteiger partial charge in [0.25, 0.3) is 11.7 Å². The lowest BCUT2D eigenvalue weighted by Crippen LogP contribution is -2.57. The van der Waals surface area contributed by atoms with Gasteiger partial charge in [0.15, 0.2) is 0 Å². The molecule has 3 atom stereocenters. The van der Waals surface area contributed by atoms with Gasteiger partial charge in [-0.2, -0.15) is 0 Å². The predicted molar refractivity (Wildman–Crippen MR) is 71.2 cm³/mol. The zero-order valence-electron chi connectivity index (χ0n) is 12.1. The van der Waals surface area contributed by atoms with Gasteiger partial charge in [0.2, 0.25) is 5.79 Å². The minimum absolute atomic E-state index is 0.00433. The van der Waals surface area contributed by atoms with Gasteiger partial charge in [0, 0.05) is 19.0 Å². The van der Waals surface area contributed by atoms with E-state index in [1.807, 2.05) is 0 Å². The molecular formula is C14H21NO6. The molecule has 2 heterocycles. The van der Waals surface area contributed by atoms with E-state index < -0.39 is 35.3 Å². The first-order valence-electron chi connectivity index (χ1n) is 7.29. The van der Waals surface area contributed by atoms with Crippen molar-refractivity contribution in [3.8, 4) is 0 Å². The number of hydrogen-bond acceptors (Lipinski definition) is 5. The number of carboxylic acids is 1. The summed E-state index contributed by atoms with van der Waals surface area (Å²) in [5.41, 5.74) is 0. The normalized spacial score (nSPS) is 33.5. The van der Waals surface area contributed by atoms with Crippen molar-refractivity contribution in [1.82, 2.24) is 4.90 Å². The summed E-state index contributed by atoms with van der Waals surface area (Å²) in [5, 5.41) is 19.4. The Morgan fingerprint density at radius 3 is 2.57 bits per heavy atom. The fourth-order valence-corrected chi connectivity index (χ4v) is 2.90. The minimum atomic E-state index is -2.08. The largest absolute Gasteiger partial charge is 0.481 e. The summed E-state index contributed by atoms with van der Waals surface area (Å²) in [4.78, 5) is 36.8. The lowest BCUT2D eigenvalue weighted by molar-refractivity contribution is -0.240. The van der Waals surface area contributed by atoms with Gasteiger partial charge in [-0.15, -0.1) is 0 Å². The van der Waals surface area contributed by atoms with Crippen LogP contribution in [0, 0.1) is 11.8 Å². The highest BCUT2D eigenvalue weighted by atomic mass is 16.6. The maximum atomic E-state index is 12.3. The van der Waals surface area contributed by atoms with Crippen molar-refractivity contribution in [2.45, 2.75) is 38.4 Å². The van der Waals surface area contributed by atoms with E-state index in [4.69, 9.17) is 9.84 Å². The number of nitrogens with zero attached hydrogens (tertiary/aromatic N) is 1. The molecule has 0 aromatic carbocycles. The van der Waals surface area contributed by atoms with Crippen LogP contribution in [0.2, 0.25) is 0 Å². The number of piperidine rings is 1. The molecule has 1 unspecified atom stereocenters. The summed E-state index contributed by atoms with van der Waals surface area (Å²) >= 11 is 0. The van der Waals surface area contributed by atoms with Crippen LogP contribution >= 0.6 is 0 Å². The zero-order chi connectivity index (χ0) is 15.6.